The zero-order valence-corrected chi connectivity index (χ0v) is 10.5. The highest BCUT2D eigenvalue weighted by molar-refractivity contribution is 7.11. The van der Waals surface area contributed by atoms with Gasteiger partial charge < -0.3 is 4.74 Å². The molecule has 0 atom stereocenters. The van der Waals surface area contributed by atoms with E-state index in [1.165, 1.54) is 9.75 Å². The lowest BCUT2D eigenvalue weighted by atomic mass is 9.78. The van der Waals surface area contributed by atoms with Crippen molar-refractivity contribution in [3.05, 3.63) is 21.9 Å². The van der Waals surface area contributed by atoms with Crippen LogP contribution in [0.1, 0.15) is 29.5 Å². The molecule has 0 unspecified atom stereocenters. The fraction of sp³-hybridized carbons (Fsp3) is 0.615. The van der Waals surface area contributed by atoms with Crippen molar-refractivity contribution >= 4 is 11.3 Å². The van der Waals surface area contributed by atoms with E-state index in [1.807, 2.05) is 11.3 Å². The summed E-state index contributed by atoms with van der Waals surface area (Å²) >= 11 is 1.85. The largest absolute Gasteiger partial charge is 0.381 e. The van der Waals surface area contributed by atoms with Crippen molar-refractivity contribution in [2.24, 2.45) is 5.41 Å². The lowest BCUT2D eigenvalue weighted by molar-refractivity contribution is 0.0409. The molecule has 1 aliphatic rings. The lowest BCUT2D eigenvalue weighted by Crippen LogP contribution is -2.29. The van der Waals surface area contributed by atoms with Crippen molar-refractivity contribution < 1.29 is 4.74 Å². The second-order valence-corrected chi connectivity index (χ2v) is 5.66. The summed E-state index contributed by atoms with van der Waals surface area (Å²) in [5, 5.41) is 9.37. The van der Waals surface area contributed by atoms with E-state index in [9.17, 15) is 5.26 Å². The van der Waals surface area contributed by atoms with Crippen molar-refractivity contribution in [2.45, 2.75) is 32.6 Å². The molecule has 0 saturated carbocycles. The molecule has 3 heteroatoms. The molecule has 0 aromatic carbocycles. The standard InChI is InChI=1S/C13H17NOS/c1-2-11-3-4-12(16-11)9-13(10-14)5-7-15-8-6-13/h3-4H,2,5-9H2,1H3. The van der Waals surface area contributed by atoms with E-state index in [-0.39, 0.29) is 5.41 Å². The van der Waals surface area contributed by atoms with E-state index in [0.717, 1.165) is 38.9 Å². The monoisotopic (exact) mass is 235 g/mol. The number of nitrogens with zero attached hydrogens (tertiary/aromatic N) is 1. The Bertz CT molecular complexity index is 385. The first-order chi connectivity index (χ1) is 7.78. The third kappa shape index (κ3) is 2.45. The van der Waals surface area contributed by atoms with Crippen molar-refractivity contribution in [3.8, 4) is 6.07 Å². The highest BCUT2D eigenvalue weighted by Gasteiger charge is 2.33. The molecule has 86 valence electrons. The topological polar surface area (TPSA) is 33.0 Å². The quantitative estimate of drug-likeness (QED) is 0.806. The Morgan fingerprint density at radius 2 is 2.06 bits per heavy atom. The molecule has 1 aromatic heterocycles. The minimum atomic E-state index is -0.173. The van der Waals surface area contributed by atoms with E-state index in [1.54, 1.807) is 0 Å². The fourth-order valence-corrected chi connectivity index (χ4v) is 3.23. The summed E-state index contributed by atoms with van der Waals surface area (Å²) in [5.41, 5.74) is -0.173. The maximum atomic E-state index is 9.37. The Hall–Kier alpha value is -0.850. The molecule has 2 rings (SSSR count). The summed E-state index contributed by atoms with van der Waals surface area (Å²) in [6.07, 6.45) is 3.75. The Morgan fingerprint density at radius 1 is 1.38 bits per heavy atom. The number of aryl methyl sites for hydroxylation is 1. The van der Waals surface area contributed by atoms with Crippen molar-refractivity contribution in [1.82, 2.24) is 0 Å². The van der Waals surface area contributed by atoms with Crippen LogP contribution in [0, 0.1) is 16.7 Å². The van der Waals surface area contributed by atoms with E-state index < -0.39 is 0 Å². The maximum Gasteiger partial charge on any atom is 0.0695 e. The third-order valence-corrected chi connectivity index (χ3v) is 4.50. The maximum absolute atomic E-state index is 9.37. The molecule has 1 fully saturated rings. The van der Waals surface area contributed by atoms with Gasteiger partial charge in [-0.1, -0.05) is 6.92 Å². The lowest BCUT2D eigenvalue weighted by Gasteiger charge is -2.30. The minimum Gasteiger partial charge on any atom is -0.381 e. The molecule has 1 aliphatic heterocycles. The van der Waals surface area contributed by atoms with Crippen LogP contribution in [0.2, 0.25) is 0 Å². The molecule has 1 saturated heterocycles. The van der Waals surface area contributed by atoms with Gasteiger partial charge in [-0.25, -0.2) is 0 Å². The van der Waals surface area contributed by atoms with E-state index in [4.69, 9.17) is 4.74 Å². The molecule has 0 radical (unpaired) electrons. The van der Waals surface area contributed by atoms with E-state index in [0.29, 0.717) is 0 Å². The van der Waals surface area contributed by atoms with Gasteiger partial charge in [-0.15, -0.1) is 11.3 Å². The average molecular weight is 235 g/mol. The fourth-order valence-electron chi connectivity index (χ4n) is 2.13. The number of thiophene rings is 1. The second kappa shape index (κ2) is 4.99. The van der Waals surface area contributed by atoms with Gasteiger partial charge in [-0.05, 0) is 31.4 Å². The first-order valence-electron chi connectivity index (χ1n) is 5.84. The third-order valence-electron chi connectivity index (χ3n) is 3.27. The van der Waals surface area contributed by atoms with Crippen LogP contribution in [0.15, 0.2) is 12.1 Å². The summed E-state index contributed by atoms with van der Waals surface area (Å²) in [5.74, 6) is 0. The smallest absolute Gasteiger partial charge is 0.0695 e. The normalized spacial score (nSPS) is 19.2. The van der Waals surface area contributed by atoms with Crippen molar-refractivity contribution in [2.75, 3.05) is 13.2 Å². The number of ether oxygens (including phenoxy) is 1. The molecule has 2 nitrogen and oxygen atoms in total. The van der Waals surface area contributed by atoms with Gasteiger partial charge >= 0.3 is 0 Å². The molecule has 1 aromatic rings. The SMILES string of the molecule is CCc1ccc(CC2(C#N)CCOCC2)s1. The predicted molar refractivity (Wildman–Crippen MR) is 65.5 cm³/mol. The Morgan fingerprint density at radius 3 is 2.62 bits per heavy atom. The van der Waals surface area contributed by atoms with Gasteiger partial charge in [0.15, 0.2) is 0 Å². The Kier molecular flexibility index (Phi) is 3.63. The van der Waals surface area contributed by atoms with Crippen LogP contribution in [0.25, 0.3) is 0 Å². The van der Waals surface area contributed by atoms with Gasteiger partial charge in [0.05, 0.1) is 11.5 Å². The van der Waals surface area contributed by atoms with E-state index >= 15 is 0 Å². The number of hydrogen-bond acceptors (Lipinski definition) is 3. The van der Waals surface area contributed by atoms with Crippen molar-refractivity contribution in [3.63, 3.8) is 0 Å². The molecular formula is C13H17NOS. The van der Waals surface area contributed by atoms with Crippen LogP contribution in [-0.2, 0) is 17.6 Å². The Labute approximate surface area is 101 Å². The number of rotatable bonds is 3. The second-order valence-electron chi connectivity index (χ2n) is 4.40. The summed E-state index contributed by atoms with van der Waals surface area (Å²) in [6, 6.07) is 6.88. The molecule has 0 bridgehead atoms. The summed E-state index contributed by atoms with van der Waals surface area (Å²) in [7, 11) is 0. The highest BCUT2D eigenvalue weighted by Crippen LogP contribution is 2.35. The molecule has 0 spiro atoms. The Balaban J connectivity index is 2.09. The van der Waals surface area contributed by atoms with Gasteiger partial charge in [0.25, 0.3) is 0 Å². The van der Waals surface area contributed by atoms with Crippen LogP contribution in [-0.4, -0.2) is 13.2 Å². The highest BCUT2D eigenvalue weighted by atomic mass is 32.1. The zero-order chi connectivity index (χ0) is 11.4. The van der Waals surface area contributed by atoms with Gasteiger partial charge in [0, 0.05) is 29.4 Å². The number of nitriles is 1. The van der Waals surface area contributed by atoms with Crippen molar-refractivity contribution in [1.29, 1.82) is 5.26 Å². The van der Waals surface area contributed by atoms with E-state index in [2.05, 4.69) is 25.1 Å². The van der Waals surface area contributed by atoms with Crippen LogP contribution >= 0.6 is 11.3 Å². The van der Waals surface area contributed by atoms with Crippen LogP contribution in [0.4, 0.5) is 0 Å². The van der Waals surface area contributed by atoms with Gasteiger partial charge in [-0.2, -0.15) is 5.26 Å². The van der Waals surface area contributed by atoms with Crippen LogP contribution in [0.5, 0.6) is 0 Å². The molecule has 0 aliphatic carbocycles. The van der Waals surface area contributed by atoms with Crippen LogP contribution < -0.4 is 0 Å². The van der Waals surface area contributed by atoms with Gasteiger partial charge in [-0.3, -0.25) is 0 Å². The average Bonchev–Trinajstić information content (AvgIpc) is 2.78. The molecule has 16 heavy (non-hydrogen) atoms. The minimum absolute atomic E-state index is 0.173. The molecule has 2 heterocycles. The van der Waals surface area contributed by atoms with Crippen LogP contribution in [0.3, 0.4) is 0 Å². The zero-order valence-electron chi connectivity index (χ0n) is 9.66. The first kappa shape index (κ1) is 11.6. The number of hydrogen-bond donors (Lipinski definition) is 0. The van der Waals surface area contributed by atoms with Gasteiger partial charge in [0.1, 0.15) is 0 Å². The summed E-state index contributed by atoms with van der Waals surface area (Å²) < 4.78 is 5.34. The molecular weight excluding hydrogens is 218 g/mol. The molecule has 0 N–H and O–H groups in total. The first-order valence-corrected chi connectivity index (χ1v) is 6.66. The summed E-state index contributed by atoms with van der Waals surface area (Å²) in [4.78, 5) is 2.76. The predicted octanol–water partition coefficient (Wildman–Crippen LogP) is 3.17. The van der Waals surface area contributed by atoms with Gasteiger partial charge in [0.2, 0.25) is 0 Å². The summed E-state index contributed by atoms with van der Waals surface area (Å²) in [6.45, 7) is 3.64. The molecule has 0 amide bonds.